The van der Waals surface area contributed by atoms with Crippen LogP contribution in [0.2, 0.25) is 0 Å². The minimum absolute atomic E-state index is 0.164. The van der Waals surface area contributed by atoms with E-state index in [1.54, 1.807) is 20.8 Å². The SMILES string of the molecule is CC(C)(C)OC(=O)N(C[C]=O)C(=O)[C@@H](N)Cc1cnc[nH]1. The minimum Gasteiger partial charge on any atom is -0.443 e. The molecule has 0 aliphatic carbocycles. The van der Waals surface area contributed by atoms with Crippen molar-refractivity contribution in [3.63, 3.8) is 0 Å². The van der Waals surface area contributed by atoms with Crippen molar-refractivity contribution in [1.29, 1.82) is 0 Å². The Labute approximate surface area is 122 Å². The van der Waals surface area contributed by atoms with Crippen LogP contribution in [0.15, 0.2) is 12.5 Å². The standard InChI is InChI=1S/C13H19N4O4/c1-13(2,3)21-12(20)17(4-5-18)11(19)10(14)6-9-7-15-8-16-9/h7-8,10H,4,6,14H2,1-3H3,(H,15,16)/t10-/m0/s1. The zero-order valence-corrected chi connectivity index (χ0v) is 12.3. The summed E-state index contributed by atoms with van der Waals surface area (Å²) in [7, 11) is 0. The molecule has 0 spiro atoms. The molecule has 1 radical (unpaired) electrons. The van der Waals surface area contributed by atoms with E-state index in [0.29, 0.717) is 10.6 Å². The molecule has 1 aromatic heterocycles. The van der Waals surface area contributed by atoms with Crippen LogP contribution in [0.3, 0.4) is 0 Å². The van der Waals surface area contributed by atoms with Gasteiger partial charge < -0.3 is 15.5 Å². The van der Waals surface area contributed by atoms with E-state index >= 15 is 0 Å². The van der Waals surface area contributed by atoms with Crippen LogP contribution in [-0.2, 0) is 20.7 Å². The van der Waals surface area contributed by atoms with Crippen LogP contribution in [0.4, 0.5) is 4.79 Å². The first kappa shape index (κ1) is 16.8. The number of carbonyl (C=O) groups excluding carboxylic acids is 3. The topological polar surface area (TPSA) is 118 Å². The highest BCUT2D eigenvalue weighted by molar-refractivity contribution is 5.96. The number of imide groups is 1. The highest BCUT2D eigenvalue weighted by atomic mass is 16.6. The van der Waals surface area contributed by atoms with Crippen LogP contribution in [0.1, 0.15) is 26.5 Å². The molecular formula is C13H19N4O4. The maximum absolute atomic E-state index is 12.2. The molecule has 1 rings (SSSR count). The van der Waals surface area contributed by atoms with E-state index in [1.807, 2.05) is 0 Å². The summed E-state index contributed by atoms with van der Waals surface area (Å²) in [4.78, 5) is 41.9. The van der Waals surface area contributed by atoms with Crippen molar-refractivity contribution >= 4 is 18.3 Å². The third kappa shape index (κ3) is 5.35. The van der Waals surface area contributed by atoms with Gasteiger partial charge in [-0.2, -0.15) is 0 Å². The molecule has 0 saturated heterocycles. The first-order chi connectivity index (χ1) is 9.74. The predicted octanol–water partition coefficient (Wildman–Crippen LogP) is 0.153. The Morgan fingerprint density at radius 1 is 1.52 bits per heavy atom. The van der Waals surface area contributed by atoms with E-state index in [2.05, 4.69) is 9.97 Å². The van der Waals surface area contributed by atoms with Gasteiger partial charge in [0.25, 0.3) is 0 Å². The predicted molar refractivity (Wildman–Crippen MR) is 73.9 cm³/mol. The summed E-state index contributed by atoms with van der Waals surface area (Å²) >= 11 is 0. The number of hydrogen-bond donors (Lipinski definition) is 2. The average Bonchev–Trinajstić information content (AvgIpc) is 2.85. The Kier molecular flexibility index (Phi) is 5.60. The van der Waals surface area contributed by atoms with Gasteiger partial charge in [0, 0.05) is 18.3 Å². The largest absolute Gasteiger partial charge is 0.443 e. The van der Waals surface area contributed by atoms with Crippen LogP contribution in [-0.4, -0.2) is 51.3 Å². The van der Waals surface area contributed by atoms with Gasteiger partial charge >= 0.3 is 6.09 Å². The number of rotatable bonds is 5. The lowest BCUT2D eigenvalue weighted by Crippen LogP contribution is -2.50. The lowest BCUT2D eigenvalue weighted by molar-refractivity contribution is -0.131. The van der Waals surface area contributed by atoms with E-state index in [1.165, 1.54) is 18.8 Å². The number of nitrogens with zero attached hydrogens (tertiary/aromatic N) is 2. The van der Waals surface area contributed by atoms with Crippen molar-refractivity contribution < 1.29 is 19.1 Å². The number of amides is 2. The van der Waals surface area contributed by atoms with Crippen LogP contribution < -0.4 is 5.73 Å². The maximum atomic E-state index is 12.2. The second-order valence-corrected chi connectivity index (χ2v) is 5.44. The van der Waals surface area contributed by atoms with Crippen LogP contribution >= 0.6 is 0 Å². The Bertz CT molecular complexity index is 493. The molecule has 2 amide bonds. The fraction of sp³-hybridized carbons (Fsp3) is 0.538. The van der Waals surface area contributed by atoms with Gasteiger partial charge in [-0.25, -0.2) is 14.7 Å². The fourth-order valence-electron chi connectivity index (χ4n) is 1.53. The maximum Gasteiger partial charge on any atom is 0.417 e. The van der Waals surface area contributed by atoms with Crippen molar-refractivity contribution in [1.82, 2.24) is 14.9 Å². The quantitative estimate of drug-likeness (QED) is 0.798. The summed E-state index contributed by atoms with van der Waals surface area (Å²) in [6.07, 6.45) is 3.73. The summed E-state index contributed by atoms with van der Waals surface area (Å²) in [6, 6.07) is -0.994. The number of hydrogen-bond acceptors (Lipinski definition) is 6. The molecule has 0 fully saturated rings. The molecule has 0 aliphatic heterocycles. The third-order valence-electron chi connectivity index (χ3n) is 2.41. The van der Waals surface area contributed by atoms with E-state index in [4.69, 9.17) is 10.5 Å². The molecule has 0 aromatic carbocycles. The smallest absolute Gasteiger partial charge is 0.417 e. The highest BCUT2D eigenvalue weighted by Crippen LogP contribution is 2.11. The molecule has 1 atom stereocenters. The number of ether oxygens (including phenoxy) is 1. The van der Waals surface area contributed by atoms with Crippen molar-refractivity contribution in [3.8, 4) is 0 Å². The lowest BCUT2D eigenvalue weighted by Gasteiger charge is -2.26. The lowest BCUT2D eigenvalue weighted by atomic mass is 10.1. The van der Waals surface area contributed by atoms with Gasteiger partial charge in [-0.05, 0) is 20.8 Å². The first-order valence-corrected chi connectivity index (χ1v) is 6.37. The Morgan fingerprint density at radius 3 is 2.67 bits per heavy atom. The van der Waals surface area contributed by atoms with E-state index in [-0.39, 0.29) is 6.42 Å². The van der Waals surface area contributed by atoms with Gasteiger partial charge in [-0.15, -0.1) is 0 Å². The van der Waals surface area contributed by atoms with Crippen LogP contribution in [0, 0.1) is 0 Å². The molecular weight excluding hydrogens is 276 g/mol. The molecule has 1 aromatic rings. The minimum atomic E-state index is -0.994. The van der Waals surface area contributed by atoms with Gasteiger partial charge in [0.15, 0.2) is 0 Å². The van der Waals surface area contributed by atoms with Crippen molar-refractivity contribution in [3.05, 3.63) is 18.2 Å². The van der Waals surface area contributed by atoms with Crippen molar-refractivity contribution in [2.24, 2.45) is 5.73 Å². The molecule has 3 N–H and O–H groups in total. The summed E-state index contributed by atoms with van der Waals surface area (Å²) in [5.41, 5.74) is 5.63. The van der Waals surface area contributed by atoms with Crippen LogP contribution in [0.5, 0.6) is 0 Å². The molecule has 0 aliphatic rings. The molecule has 115 valence electrons. The number of carbonyl (C=O) groups is 2. The van der Waals surface area contributed by atoms with E-state index in [0.717, 1.165) is 0 Å². The van der Waals surface area contributed by atoms with Gasteiger partial charge in [-0.3, -0.25) is 9.59 Å². The Balaban J connectivity index is 2.76. The van der Waals surface area contributed by atoms with Gasteiger partial charge in [0.1, 0.15) is 5.60 Å². The van der Waals surface area contributed by atoms with E-state index in [9.17, 15) is 14.4 Å². The summed E-state index contributed by atoms with van der Waals surface area (Å²) in [5.74, 6) is -0.706. The average molecular weight is 295 g/mol. The highest BCUT2D eigenvalue weighted by Gasteiger charge is 2.30. The summed E-state index contributed by atoms with van der Waals surface area (Å²) < 4.78 is 5.07. The fourth-order valence-corrected chi connectivity index (χ4v) is 1.53. The monoisotopic (exact) mass is 295 g/mol. The zero-order valence-electron chi connectivity index (χ0n) is 12.3. The van der Waals surface area contributed by atoms with Crippen molar-refractivity contribution in [2.75, 3.05) is 6.54 Å². The number of nitrogens with one attached hydrogen (secondary N) is 1. The number of H-pyrrole nitrogens is 1. The molecule has 0 bridgehead atoms. The van der Waals surface area contributed by atoms with E-state index < -0.39 is 30.2 Å². The number of imidazole rings is 1. The number of aromatic nitrogens is 2. The Morgan fingerprint density at radius 2 is 2.19 bits per heavy atom. The summed E-state index contributed by atoms with van der Waals surface area (Å²) in [5, 5.41) is 0. The molecule has 8 nitrogen and oxygen atoms in total. The zero-order chi connectivity index (χ0) is 16.0. The number of nitrogens with two attached hydrogens (primary N) is 1. The first-order valence-electron chi connectivity index (χ1n) is 6.37. The summed E-state index contributed by atoms with van der Waals surface area (Å²) in [6.45, 7) is 4.44. The molecule has 0 saturated carbocycles. The van der Waals surface area contributed by atoms with Gasteiger partial charge in [0.2, 0.25) is 12.2 Å². The second-order valence-electron chi connectivity index (χ2n) is 5.44. The van der Waals surface area contributed by atoms with Gasteiger partial charge in [0.05, 0.1) is 18.9 Å². The normalized spacial score (nSPS) is 12.6. The van der Waals surface area contributed by atoms with Crippen molar-refractivity contribution in [2.45, 2.75) is 38.8 Å². The van der Waals surface area contributed by atoms with Crippen LogP contribution in [0.25, 0.3) is 0 Å². The second kappa shape index (κ2) is 6.98. The molecule has 21 heavy (non-hydrogen) atoms. The molecule has 0 unspecified atom stereocenters. The molecule has 1 heterocycles. The number of aromatic amines is 1. The Hall–Kier alpha value is -2.22. The molecule has 8 heteroatoms. The third-order valence-corrected chi connectivity index (χ3v) is 2.41. The van der Waals surface area contributed by atoms with Gasteiger partial charge in [-0.1, -0.05) is 0 Å².